The van der Waals surface area contributed by atoms with Crippen LogP contribution >= 0.6 is 11.8 Å². The number of aliphatic hydroxyl groups is 1. The highest BCUT2D eigenvalue weighted by Crippen LogP contribution is 2.61. The van der Waals surface area contributed by atoms with Gasteiger partial charge in [-0.2, -0.15) is 0 Å². The van der Waals surface area contributed by atoms with E-state index in [1.165, 1.54) is 0 Å². The number of ether oxygens (including phenoxy) is 1. The van der Waals surface area contributed by atoms with E-state index in [2.05, 4.69) is 12.2 Å². The van der Waals surface area contributed by atoms with Crippen LogP contribution < -0.4 is 14.5 Å². The van der Waals surface area contributed by atoms with Crippen molar-refractivity contribution < 1.29 is 24.2 Å². The fourth-order valence-electron chi connectivity index (χ4n) is 7.64. The van der Waals surface area contributed by atoms with Crippen LogP contribution in [0, 0.1) is 11.8 Å². The second-order valence-electron chi connectivity index (χ2n) is 12.3. The second-order valence-corrected chi connectivity index (χ2v) is 13.8. The van der Waals surface area contributed by atoms with Crippen LogP contribution in [0.15, 0.2) is 91.0 Å². The molecule has 0 aliphatic carbocycles. The predicted octanol–water partition coefficient (Wildman–Crippen LogP) is 5.20. The Morgan fingerprint density at radius 3 is 2.37 bits per heavy atom. The van der Waals surface area contributed by atoms with Gasteiger partial charge >= 0.3 is 0 Å². The Morgan fingerprint density at radius 1 is 0.848 bits per heavy atom. The first-order chi connectivity index (χ1) is 22.5. The van der Waals surface area contributed by atoms with Crippen molar-refractivity contribution in [2.24, 2.45) is 11.8 Å². The van der Waals surface area contributed by atoms with E-state index in [4.69, 9.17) is 4.74 Å². The Morgan fingerprint density at radius 2 is 1.59 bits per heavy atom. The Kier molecular flexibility index (Phi) is 8.38. The molecule has 2 fully saturated rings. The molecule has 4 heterocycles. The summed E-state index contributed by atoms with van der Waals surface area (Å²) < 4.78 is 4.73. The number of hydrogen-bond donors (Lipinski definition) is 1. The summed E-state index contributed by atoms with van der Waals surface area (Å²) >= 11 is 1.60. The maximum atomic E-state index is 14.8. The Balaban J connectivity index is 1.26. The lowest BCUT2D eigenvalue weighted by molar-refractivity contribution is -0.138. The van der Waals surface area contributed by atoms with Gasteiger partial charge in [0.2, 0.25) is 11.8 Å². The van der Waals surface area contributed by atoms with Gasteiger partial charge in [-0.15, -0.1) is 11.8 Å². The highest BCUT2D eigenvalue weighted by atomic mass is 32.2. The lowest BCUT2D eigenvalue weighted by Crippen LogP contribution is -2.53. The zero-order valence-corrected chi connectivity index (χ0v) is 26.8. The summed E-state index contributed by atoms with van der Waals surface area (Å²) in [5.74, 6) is -0.912. The van der Waals surface area contributed by atoms with Gasteiger partial charge in [0.1, 0.15) is 11.8 Å². The van der Waals surface area contributed by atoms with E-state index in [0.717, 1.165) is 34.3 Å². The van der Waals surface area contributed by atoms with Gasteiger partial charge in [-0.05, 0) is 73.4 Å². The SMILES string of the molecule is CCOc1ccc(N2CC=C[C@H]3S[C@]45C=CCN(c6ccc7ccccc7c6)C(=O)C4N(CCCCCO)C(=O)[C@@H]5[C@H]3C2=O)cc1. The molecular weight excluding hydrogens is 598 g/mol. The van der Waals surface area contributed by atoms with Crippen LogP contribution in [0.25, 0.3) is 10.8 Å². The highest BCUT2D eigenvalue weighted by Gasteiger charge is 2.71. The molecule has 1 N–H and O–H groups in total. The average molecular weight is 638 g/mol. The van der Waals surface area contributed by atoms with Crippen LogP contribution in [0.1, 0.15) is 26.2 Å². The van der Waals surface area contributed by atoms with Crippen LogP contribution in [-0.2, 0) is 14.4 Å². The van der Waals surface area contributed by atoms with E-state index >= 15 is 0 Å². The molecule has 1 unspecified atom stereocenters. The summed E-state index contributed by atoms with van der Waals surface area (Å²) in [5, 5.41) is 11.3. The van der Waals surface area contributed by atoms with E-state index in [0.29, 0.717) is 39.1 Å². The summed E-state index contributed by atoms with van der Waals surface area (Å²) in [6.07, 6.45) is 10.2. The molecular formula is C37H39N3O5S. The number of aliphatic hydroxyl groups excluding tert-OH is 1. The minimum atomic E-state index is -0.881. The number of rotatable bonds is 9. The van der Waals surface area contributed by atoms with Gasteiger partial charge in [-0.25, -0.2) is 0 Å². The minimum Gasteiger partial charge on any atom is -0.494 e. The van der Waals surface area contributed by atoms with E-state index in [9.17, 15) is 19.5 Å². The van der Waals surface area contributed by atoms with Gasteiger partial charge in [0.05, 0.1) is 23.2 Å². The van der Waals surface area contributed by atoms with Crippen molar-refractivity contribution in [3.05, 3.63) is 91.0 Å². The molecule has 5 atom stereocenters. The fraction of sp³-hybridized carbons (Fsp3) is 0.378. The monoisotopic (exact) mass is 637 g/mol. The number of thioether (sulfide) groups is 1. The number of likely N-dealkylation sites (tertiary alicyclic amines) is 1. The third kappa shape index (κ3) is 5.10. The van der Waals surface area contributed by atoms with E-state index in [-0.39, 0.29) is 29.6 Å². The van der Waals surface area contributed by atoms with Crippen molar-refractivity contribution in [3.8, 4) is 5.75 Å². The van der Waals surface area contributed by atoms with E-state index in [1.54, 1.807) is 26.5 Å². The highest BCUT2D eigenvalue weighted by molar-refractivity contribution is 8.02. The number of unbranched alkanes of at least 4 members (excludes halogenated alkanes) is 2. The first kappa shape index (κ1) is 30.6. The van der Waals surface area contributed by atoms with Crippen molar-refractivity contribution in [2.45, 2.75) is 42.2 Å². The van der Waals surface area contributed by atoms with Gasteiger partial charge in [0.25, 0.3) is 5.91 Å². The first-order valence-electron chi connectivity index (χ1n) is 16.2. The minimum absolute atomic E-state index is 0.0865. The van der Waals surface area contributed by atoms with Crippen molar-refractivity contribution in [3.63, 3.8) is 0 Å². The van der Waals surface area contributed by atoms with E-state index in [1.807, 2.05) is 85.8 Å². The molecule has 1 spiro atoms. The zero-order valence-electron chi connectivity index (χ0n) is 26.0. The molecule has 9 heteroatoms. The summed E-state index contributed by atoms with van der Waals surface area (Å²) in [7, 11) is 0. The number of benzene rings is 3. The molecule has 0 radical (unpaired) electrons. The first-order valence-corrected chi connectivity index (χ1v) is 17.1. The van der Waals surface area contributed by atoms with Crippen molar-refractivity contribution in [1.82, 2.24) is 4.90 Å². The van der Waals surface area contributed by atoms with Crippen LogP contribution in [0.4, 0.5) is 11.4 Å². The Bertz CT molecular complexity index is 1710. The smallest absolute Gasteiger partial charge is 0.251 e. The number of hydrogen-bond acceptors (Lipinski definition) is 6. The van der Waals surface area contributed by atoms with Crippen molar-refractivity contribution in [2.75, 3.05) is 42.6 Å². The van der Waals surface area contributed by atoms with Crippen molar-refractivity contribution >= 4 is 51.6 Å². The van der Waals surface area contributed by atoms with Crippen LogP contribution in [0.5, 0.6) is 5.75 Å². The van der Waals surface area contributed by atoms with Crippen LogP contribution in [-0.4, -0.2) is 76.6 Å². The molecule has 238 valence electrons. The number of carbonyl (C=O) groups excluding carboxylic acids is 3. The van der Waals surface area contributed by atoms with Gasteiger partial charge in [0.15, 0.2) is 0 Å². The molecule has 4 aliphatic heterocycles. The normalized spacial score (nSPS) is 27.1. The average Bonchev–Trinajstić information content (AvgIpc) is 3.38. The molecule has 46 heavy (non-hydrogen) atoms. The molecule has 0 bridgehead atoms. The lowest BCUT2D eigenvalue weighted by Gasteiger charge is -2.35. The van der Waals surface area contributed by atoms with Crippen molar-refractivity contribution in [1.29, 1.82) is 0 Å². The second kappa shape index (κ2) is 12.6. The summed E-state index contributed by atoms with van der Waals surface area (Å²) in [6.45, 7) is 3.76. The molecule has 4 aliphatic rings. The van der Waals surface area contributed by atoms with Gasteiger partial charge in [0, 0.05) is 42.9 Å². The molecule has 2 saturated heterocycles. The number of nitrogens with zero attached hydrogens (tertiary/aromatic N) is 3. The maximum Gasteiger partial charge on any atom is 0.251 e. The topological polar surface area (TPSA) is 90.4 Å². The lowest BCUT2D eigenvalue weighted by atomic mass is 9.78. The van der Waals surface area contributed by atoms with Crippen LogP contribution in [0.2, 0.25) is 0 Å². The number of carbonyl (C=O) groups is 3. The zero-order chi connectivity index (χ0) is 31.8. The van der Waals surface area contributed by atoms with Gasteiger partial charge < -0.3 is 24.5 Å². The fourth-order valence-corrected chi connectivity index (χ4v) is 9.65. The van der Waals surface area contributed by atoms with E-state index < -0.39 is 22.6 Å². The summed E-state index contributed by atoms with van der Waals surface area (Å²) in [5.41, 5.74) is 1.54. The molecule has 3 aromatic carbocycles. The van der Waals surface area contributed by atoms with Gasteiger partial charge in [-0.3, -0.25) is 14.4 Å². The Hall–Kier alpha value is -4.08. The van der Waals surface area contributed by atoms with Gasteiger partial charge in [-0.1, -0.05) is 54.6 Å². The molecule has 3 amide bonds. The largest absolute Gasteiger partial charge is 0.494 e. The predicted molar refractivity (Wildman–Crippen MR) is 182 cm³/mol. The molecule has 3 aromatic rings. The molecule has 8 nitrogen and oxygen atoms in total. The third-order valence-electron chi connectivity index (χ3n) is 9.72. The molecule has 0 saturated carbocycles. The third-order valence-corrected chi connectivity index (χ3v) is 11.5. The number of fused-ring (bicyclic) bond motifs is 3. The number of amides is 3. The van der Waals surface area contributed by atoms with Crippen LogP contribution in [0.3, 0.4) is 0 Å². The Labute approximate surface area is 273 Å². The molecule has 7 rings (SSSR count). The maximum absolute atomic E-state index is 14.8. The molecule has 0 aromatic heterocycles. The summed E-state index contributed by atoms with van der Waals surface area (Å²) in [6, 6.07) is 20.9. The standard InChI is InChI=1S/C37H39N3O5S/c1-2-45-29-17-15-27(16-18-29)38-21-8-12-30-31(34(38)42)32-35(43)40(20-6-3-7-23-41)33-36(44)39(22-9-19-37(32,33)46-30)28-14-13-25-10-4-5-11-26(25)24-28/h4-5,8-19,24,30-33,41H,2-3,6-7,20-23H2,1H3/t30-,31+,32+,33?,37+/m1/s1. The quantitative estimate of drug-likeness (QED) is 0.256. The number of anilines is 2. The summed E-state index contributed by atoms with van der Waals surface area (Å²) in [4.78, 5) is 49.2.